The van der Waals surface area contributed by atoms with Gasteiger partial charge in [-0.15, -0.1) is 0 Å². The minimum atomic E-state index is -0.598. The average Bonchev–Trinajstić information content (AvgIpc) is 1.98. The van der Waals surface area contributed by atoms with E-state index < -0.39 is 6.04 Å². The Morgan fingerprint density at radius 2 is 2.20 bits per heavy atom. The quantitative estimate of drug-likeness (QED) is 0.469. The molecular formula is C6H11N3O. The summed E-state index contributed by atoms with van der Waals surface area (Å²) in [5.41, 5.74) is 5.31. The molecule has 0 amide bonds. The van der Waals surface area contributed by atoms with E-state index in [1.807, 2.05) is 0 Å². The van der Waals surface area contributed by atoms with Crippen LogP contribution in [0.3, 0.4) is 0 Å². The number of hydrogen-bond acceptors (Lipinski definition) is 4. The average molecular weight is 141 g/mol. The summed E-state index contributed by atoms with van der Waals surface area (Å²) in [4.78, 5) is 10.6. The van der Waals surface area contributed by atoms with E-state index in [9.17, 15) is 4.79 Å². The largest absolute Gasteiger partial charge is 0.321 e. The van der Waals surface area contributed by atoms with Gasteiger partial charge in [0.15, 0.2) is 5.78 Å². The Kier molecular flexibility index (Phi) is 4.32. The Hall–Kier alpha value is -1.03. The predicted octanol–water partition coefficient (Wildman–Crippen LogP) is -0.0379. The van der Waals surface area contributed by atoms with Gasteiger partial charge in [-0.2, -0.15) is 0 Å². The van der Waals surface area contributed by atoms with Crippen molar-refractivity contribution < 1.29 is 4.79 Å². The molecule has 0 rings (SSSR count). The summed E-state index contributed by atoms with van der Waals surface area (Å²) in [5, 5.41) is 13.2. The Labute approximate surface area is 59.4 Å². The molecule has 1 unspecified atom stereocenters. The van der Waals surface area contributed by atoms with Crippen molar-refractivity contribution in [2.24, 2.45) is 5.73 Å². The van der Waals surface area contributed by atoms with Gasteiger partial charge in [0.2, 0.25) is 0 Å². The van der Waals surface area contributed by atoms with E-state index in [4.69, 9.17) is 16.6 Å². The molecule has 0 heterocycles. The van der Waals surface area contributed by atoms with Crippen LogP contribution in [0.25, 0.3) is 0 Å². The molecule has 0 radical (unpaired) electrons. The molecule has 0 aliphatic rings. The zero-order chi connectivity index (χ0) is 7.98. The number of ketones is 1. The standard InChI is InChI=1S/C6H11N3O/c7-3-1-2-5(9)6(10)4-8/h3-5,7-8H,1-2,9H2. The molecule has 4 heteroatoms. The number of Topliss-reactive ketones (excluding diaryl/α,β-unsaturated/α-hetero) is 1. The maximum atomic E-state index is 10.6. The van der Waals surface area contributed by atoms with Crippen molar-refractivity contribution in [3.05, 3.63) is 0 Å². The van der Waals surface area contributed by atoms with Gasteiger partial charge in [0.1, 0.15) is 0 Å². The molecule has 1 atom stereocenters. The lowest BCUT2D eigenvalue weighted by atomic mass is 10.1. The van der Waals surface area contributed by atoms with Crippen LogP contribution in [0.1, 0.15) is 12.8 Å². The molecule has 0 aromatic carbocycles. The molecule has 0 fully saturated rings. The number of nitrogens with two attached hydrogens (primary N) is 1. The van der Waals surface area contributed by atoms with Crippen LogP contribution >= 0.6 is 0 Å². The fourth-order valence-corrected chi connectivity index (χ4v) is 0.512. The highest BCUT2D eigenvalue weighted by molar-refractivity contribution is 6.28. The molecule has 4 nitrogen and oxygen atoms in total. The zero-order valence-electron chi connectivity index (χ0n) is 5.63. The van der Waals surface area contributed by atoms with Crippen LogP contribution in [-0.4, -0.2) is 24.3 Å². The summed E-state index contributed by atoms with van der Waals surface area (Å²) in [6.45, 7) is 0. The van der Waals surface area contributed by atoms with E-state index in [1.165, 1.54) is 6.21 Å². The Morgan fingerprint density at radius 3 is 2.60 bits per heavy atom. The summed E-state index contributed by atoms with van der Waals surface area (Å²) in [6, 6.07) is -0.598. The Balaban J connectivity index is 3.60. The van der Waals surface area contributed by atoms with Crippen molar-refractivity contribution in [1.82, 2.24) is 0 Å². The van der Waals surface area contributed by atoms with Crippen molar-refractivity contribution in [3.8, 4) is 0 Å². The molecule has 4 N–H and O–H groups in total. The smallest absolute Gasteiger partial charge is 0.189 e. The van der Waals surface area contributed by atoms with Crippen molar-refractivity contribution >= 4 is 18.2 Å². The normalized spacial score (nSPS) is 12.1. The number of carbonyl (C=O) groups is 1. The lowest BCUT2D eigenvalue weighted by Crippen LogP contribution is -2.30. The third kappa shape index (κ3) is 3.09. The maximum Gasteiger partial charge on any atom is 0.189 e. The number of carbonyl (C=O) groups excluding carboxylic acids is 1. The van der Waals surface area contributed by atoms with Crippen LogP contribution in [0, 0.1) is 10.8 Å². The molecule has 0 saturated heterocycles. The van der Waals surface area contributed by atoms with Gasteiger partial charge in [-0.3, -0.25) is 4.79 Å². The second kappa shape index (κ2) is 4.81. The molecule has 56 valence electrons. The highest BCUT2D eigenvalue weighted by atomic mass is 16.1. The number of nitrogens with one attached hydrogen (secondary N) is 2. The zero-order valence-corrected chi connectivity index (χ0v) is 5.63. The summed E-state index contributed by atoms with van der Waals surface area (Å²) < 4.78 is 0. The molecule has 0 spiro atoms. The fraction of sp³-hybridized carbons (Fsp3) is 0.500. The lowest BCUT2D eigenvalue weighted by molar-refractivity contribution is -0.113. The second-order valence-corrected chi connectivity index (χ2v) is 1.93. The molecule has 0 saturated carbocycles. The van der Waals surface area contributed by atoms with Crippen LogP contribution in [0.5, 0.6) is 0 Å². The fourth-order valence-electron chi connectivity index (χ4n) is 0.512. The van der Waals surface area contributed by atoms with Gasteiger partial charge in [-0.05, 0) is 19.1 Å². The molecule has 0 aromatic rings. The van der Waals surface area contributed by atoms with Gasteiger partial charge < -0.3 is 16.6 Å². The van der Waals surface area contributed by atoms with E-state index in [0.29, 0.717) is 19.1 Å². The predicted molar refractivity (Wildman–Crippen MR) is 39.8 cm³/mol. The van der Waals surface area contributed by atoms with E-state index in [2.05, 4.69) is 0 Å². The van der Waals surface area contributed by atoms with E-state index in [0.717, 1.165) is 0 Å². The van der Waals surface area contributed by atoms with Gasteiger partial charge in [0.05, 0.1) is 12.3 Å². The minimum absolute atomic E-state index is 0.373. The van der Waals surface area contributed by atoms with Crippen LogP contribution in [-0.2, 0) is 4.79 Å². The Morgan fingerprint density at radius 1 is 1.60 bits per heavy atom. The maximum absolute atomic E-state index is 10.6. The van der Waals surface area contributed by atoms with Crippen LogP contribution in [0.4, 0.5) is 0 Å². The van der Waals surface area contributed by atoms with Gasteiger partial charge >= 0.3 is 0 Å². The van der Waals surface area contributed by atoms with Crippen molar-refractivity contribution in [3.63, 3.8) is 0 Å². The van der Waals surface area contributed by atoms with Crippen LogP contribution in [0.15, 0.2) is 0 Å². The first-order valence-electron chi connectivity index (χ1n) is 3.01. The van der Waals surface area contributed by atoms with Crippen LogP contribution < -0.4 is 5.73 Å². The first kappa shape index (κ1) is 8.97. The van der Waals surface area contributed by atoms with E-state index >= 15 is 0 Å². The first-order chi connectivity index (χ1) is 4.72. The SMILES string of the molecule is N=CCCC(N)C(=O)C=N. The first-order valence-corrected chi connectivity index (χ1v) is 3.01. The second-order valence-electron chi connectivity index (χ2n) is 1.93. The summed E-state index contributed by atoms with van der Waals surface area (Å²) in [5.74, 6) is -0.373. The summed E-state index contributed by atoms with van der Waals surface area (Å²) >= 11 is 0. The van der Waals surface area contributed by atoms with E-state index in [-0.39, 0.29) is 5.78 Å². The third-order valence-electron chi connectivity index (χ3n) is 1.13. The van der Waals surface area contributed by atoms with Gasteiger partial charge in [0, 0.05) is 0 Å². The number of hydrogen-bond donors (Lipinski definition) is 3. The summed E-state index contributed by atoms with van der Waals surface area (Å²) in [7, 11) is 0. The Bertz CT molecular complexity index is 144. The van der Waals surface area contributed by atoms with E-state index in [1.54, 1.807) is 0 Å². The molecule has 0 aliphatic heterocycles. The molecule has 10 heavy (non-hydrogen) atoms. The number of rotatable bonds is 5. The molecular weight excluding hydrogens is 130 g/mol. The van der Waals surface area contributed by atoms with Crippen molar-refractivity contribution in [2.75, 3.05) is 0 Å². The van der Waals surface area contributed by atoms with Crippen LogP contribution in [0.2, 0.25) is 0 Å². The minimum Gasteiger partial charge on any atom is -0.321 e. The topological polar surface area (TPSA) is 90.8 Å². The lowest BCUT2D eigenvalue weighted by Gasteiger charge is -2.02. The van der Waals surface area contributed by atoms with Gasteiger partial charge in [-0.25, -0.2) is 0 Å². The highest BCUT2D eigenvalue weighted by Crippen LogP contribution is 1.91. The van der Waals surface area contributed by atoms with Crippen molar-refractivity contribution in [1.29, 1.82) is 10.8 Å². The third-order valence-corrected chi connectivity index (χ3v) is 1.13. The van der Waals surface area contributed by atoms with Gasteiger partial charge in [0.25, 0.3) is 0 Å². The van der Waals surface area contributed by atoms with Crippen molar-refractivity contribution in [2.45, 2.75) is 18.9 Å². The highest BCUT2D eigenvalue weighted by Gasteiger charge is 2.08. The summed E-state index contributed by atoms with van der Waals surface area (Å²) in [6.07, 6.45) is 2.88. The molecule has 0 bridgehead atoms. The molecule has 0 aromatic heterocycles. The van der Waals surface area contributed by atoms with Gasteiger partial charge in [-0.1, -0.05) is 0 Å². The molecule has 0 aliphatic carbocycles. The monoisotopic (exact) mass is 141 g/mol.